The van der Waals surface area contributed by atoms with Crippen molar-refractivity contribution >= 4 is 32.5 Å². The van der Waals surface area contributed by atoms with Gasteiger partial charge in [0, 0.05) is 41.8 Å². The van der Waals surface area contributed by atoms with E-state index < -0.39 is 38.5 Å². The van der Waals surface area contributed by atoms with E-state index in [1.165, 1.54) is 28.8 Å². The zero-order valence-corrected chi connectivity index (χ0v) is 23.4. The molecule has 1 saturated heterocycles. The van der Waals surface area contributed by atoms with Crippen molar-refractivity contribution in [2.45, 2.75) is 30.0 Å². The molecule has 1 aliphatic heterocycles. The van der Waals surface area contributed by atoms with E-state index in [1.807, 2.05) is 19.0 Å². The van der Waals surface area contributed by atoms with Crippen molar-refractivity contribution in [3.8, 4) is 11.3 Å². The number of rotatable bonds is 6. The van der Waals surface area contributed by atoms with Crippen molar-refractivity contribution in [2.75, 3.05) is 32.5 Å². The maximum Gasteiger partial charge on any atom is 0.434 e. The van der Waals surface area contributed by atoms with E-state index >= 15 is 0 Å². The molecule has 1 fully saturated rings. The lowest BCUT2D eigenvalue weighted by Crippen LogP contribution is -2.44. The van der Waals surface area contributed by atoms with Crippen molar-refractivity contribution < 1.29 is 30.8 Å². The minimum absolute atomic E-state index is 0.0140. The molecule has 0 spiro atoms. The van der Waals surface area contributed by atoms with Crippen molar-refractivity contribution in [2.24, 2.45) is 0 Å². The zero-order chi connectivity index (χ0) is 30.2. The number of carbonyl (C=O) groups excluding carboxylic acids is 1. The molecular weight excluding hydrogens is 576 g/mol. The first-order valence-electron chi connectivity index (χ1n) is 12.9. The second-order valence-electron chi connectivity index (χ2n) is 10.1. The smallest absolute Gasteiger partial charge is 0.307 e. The molecule has 1 N–H and O–H groups in total. The number of carbonyl (C=O) groups is 1. The second-order valence-corrected chi connectivity index (χ2v) is 12.0. The molecule has 1 amide bonds. The van der Waals surface area contributed by atoms with Crippen LogP contribution in [0.5, 0.6) is 0 Å². The Balaban J connectivity index is 1.37. The summed E-state index contributed by atoms with van der Waals surface area (Å²) in [5.41, 5.74) is -0.831. The van der Waals surface area contributed by atoms with Crippen LogP contribution >= 0.6 is 0 Å². The van der Waals surface area contributed by atoms with E-state index in [-0.39, 0.29) is 36.2 Å². The Kier molecular flexibility index (Phi) is 7.96. The molecule has 0 atom stereocenters. The van der Waals surface area contributed by atoms with Crippen LogP contribution in [-0.4, -0.2) is 71.7 Å². The van der Waals surface area contributed by atoms with E-state index in [2.05, 4.69) is 20.3 Å². The maximum absolute atomic E-state index is 14.7. The maximum atomic E-state index is 14.7. The molecule has 5 rings (SSSR count). The van der Waals surface area contributed by atoms with Gasteiger partial charge in [-0.15, -0.1) is 0 Å². The Labute approximate surface area is 239 Å². The van der Waals surface area contributed by atoms with Crippen molar-refractivity contribution in [3.05, 3.63) is 78.1 Å². The van der Waals surface area contributed by atoms with E-state index in [4.69, 9.17) is 0 Å². The molecule has 0 aliphatic carbocycles. The predicted octanol–water partition coefficient (Wildman–Crippen LogP) is 4.82. The third-order valence-corrected chi connectivity index (χ3v) is 9.06. The van der Waals surface area contributed by atoms with Crippen LogP contribution in [0.2, 0.25) is 0 Å². The van der Waals surface area contributed by atoms with E-state index in [1.54, 1.807) is 18.2 Å². The first-order chi connectivity index (χ1) is 19.8. The zero-order valence-electron chi connectivity index (χ0n) is 22.6. The van der Waals surface area contributed by atoms with Gasteiger partial charge < -0.3 is 10.2 Å². The van der Waals surface area contributed by atoms with E-state index in [0.717, 1.165) is 12.1 Å². The number of nitrogens with zero attached hydrogens (tertiary/aromatic N) is 5. The van der Waals surface area contributed by atoms with E-state index in [9.17, 15) is 30.8 Å². The highest BCUT2D eigenvalue weighted by molar-refractivity contribution is 7.89. The summed E-state index contributed by atoms with van der Waals surface area (Å²) in [4.78, 5) is 26.0. The third kappa shape index (κ3) is 6.10. The summed E-state index contributed by atoms with van der Waals surface area (Å²) in [6.45, 7) is 0.465. The van der Waals surface area contributed by atoms with Gasteiger partial charge >= 0.3 is 6.18 Å². The number of hydrogen-bond donors (Lipinski definition) is 1. The molecule has 4 aromatic rings. The summed E-state index contributed by atoms with van der Waals surface area (Å²) in [7, 11) is -0.337. The van der Waals surface area contributed by atoms with Gasteiger partial charge in [0.05, 0.1) is 18.1 Å². The topological polar surface area (TPSA) is 108 Å². The van der Waals surface area contributed by atoms with Crippen LogP contribution in [0.3, 0.4) is 0 Å². The highest BCUT2D eigenvalue weighted by Gasteiger charge is 2.34. The summed E-state index contributed by atoms with van der Waals surface area (Å²) in [6, 6.07) is 9.65. The number of nitrogens with one attached hydrogen (secondary N) is 1. The Morgan fingerprint density at radius 2 is 1.74 bits per heavy atom. The van der Waals surface area contributed by atoms with Crippen molar-refractivity contribution in [1.82, 2.24) is 24.2 Å². The minimum Gasteiger partial charge on any atom is -0.307 e. The molecule has 42 heavy (non-hydrogen) atoms. The van der Waals surface area contributed by atoms with Gasteiger partial charge in [-0.05, 0) is 62.7 Å². The van der Waals surface area contributed by atoms with Gasteiger partial charge in [0.15, 0.2) is 5.69 Å². The van der Waals surface area contributed by atoms with Crippen LogP contribution in [0.25, 0.3) is 22.0 Å². The lowest BCUT2D eigenvalue weighted by atomic mass is 10.1. The van der Waals surface area contributed by atoms with Gasteiger partial charge in [-0.3, -0.25) is 9.78 Å². The lowest BCUT2D eigenvalue weighted by Gasteiger charge is -2.34. The molecule has 3 heterocycles. The molecule has 14 heteroatoms. The molecule has 2 aromatic heterocycles. The van der Waals surface area contributed by atoms with Gasteiger partial charge in [0.1, 0.15) is 16.5 Å². The quantitative estimate of drug-likeness (QED) is 0.316. The summed E-state index contributed by atoms with van der Waals surface area (Å²) < 4.78 is 81.7. The molecule has 2 aromatic carbocycles. The fraction of sp³-hybridized carbons (Fsp3) is 0.286. The van der Waals surface area contributed by atoms with Crippen LogP contribution in [0.15, 0.2) is 66.0 Å². The van der Waals surface area contributed by atoms with Crippen LogP contribution in [0.4, 0.5) is 23.4 Å². The Hall–Kier alpha value is -4.01. The Morgan fingerprint density at radius 3 is 2.43 bits per heavy atom. The number of amides is 1. The predicted molar refractivity (Wildman–Crippen MR) is 148 cm³/mol. The van der Waals surface area contributed by atoms with Crippen LogP contribution < -0.4 is 5.32 Å². The van der Waals surface area contributed by atoms with Gasteiger partial charge in [-0.25, -0.2) is 22.8 Å². The number of alkyl halides is 3. The molecule has 9 nitrogen and oxygen atoms in total. The monoisotopic (exact) mass is 602 g/mol. The van der Waals surface area contributed by atoms with Crippen molar-refractivity contribution in [3.63, 3.8) is 0 Å². The number of benzene rings is 2. The van der Waals surface area contributed by atoms with Crippen molar-refractivity contribution in [1.29, 1.82) is 0 Å². The number of anilines is 1. The SMILES string of the molecule is CN(C)C1CCN(S(=O)(=O)c2cc(C(=O)Nc3cc4cc(-c5cncc(C(F)(F)F)n5)ccc4cn3)ccc2F)CC1. The highest BCUT2D eigenvalue weighted by Crippen LogP contribution is 2.30. The van der Waals surface area contributed by atoms with Crippen LogP contribution in [0.1, 0.15) is 28.9 Å². The summed E-state index contributed by atoms with van der Waals surface area (Å²) in [5, 5.41) is 3.76. The molecule has 0 saturated carbocycles. The molecule has 0 unspecified atom stereocenters. The van der Waals surface area contributed by atoms with Gasteiger partial charge in [-0.2, -0.15) is 17.5 Å². The average molecular weight is 603 g/mol. The second kappa shape index (κ2) is 11.3. The Morgan fingerprint density at radius 1 is 1.00 bits per heavy atom. The normalized spacial score (nSPS) is 15.3. The number of aromatic nitrogens is 3. The summed E-state index contributed by atoms with van der Waals surface area (Å²) in [5.74, 6) is -1.58. The fourth-order valence-corrected chi connectivity index (χ4v) is 6.34. The standard InChI is InChI=1S/C28H26F4N6O3S/c1-37(2)21-7-9-38(10-8-21)42(40,41)24-12-18(5-6-22(24)29)27(39)36-26-13-20-11-17(3-4-19(20)14-34-26)23-15-33-16-25(35-23)28(30,31)32/h3-6,11-16,21H,7-10H2,1-2H3,(H,34,36,39). The molecule has 1 aliphatic rings. The summed E-state index contributed by atoms with van der Waals surface area (Å²) >= 11 is 0. The molecular formula is C28H26F4N6O3S. The van der Waals surface area contributed by atoms with Gasteiger partial charge in [0.25, 0.3) is 5.91 Å². The Bertz CT molecular complexity index is 1760. The first-order valence-corrected chi connectivity index (χ1v) is 14.3. The van der Waals surface area contributed by atoms with Crippen LogP contribution in [-0.2, 0) is 16.2 Å². The van der Waals surface area contributed by atoms with Gasteiger partial charge in [-0.1, -0.05) is 12.1 Å². The number of sulfonamides is 1. The molecule has 220 valence electrons. The number of pyridine rings is 1. The van der Waals surface area contributed by atoms with E-state index in [0.29, 0.717) is 35.4 Å². The summed E-state index contributed by atoms with van der Waals surface area (Å²) in [6.07, 6.45) is -0.131. The third-order valence-electron chi connectivity index (χ3n) is 7.15. The number of hydrogen-bond acceptors (Lipinski definition) is 7. The van der Waals surface area contributed by atoms with Crippen LogP contribution in [0, 0.1) is 5.82 Å². The van der Waals surface area contributed by atoms with Gasteiger partial charge in [0.2, 0.25) is 10.0 Å². The fourth-order valence-electron chi connectivity index (χ4n) is 4.78. The number of piperidine rings is 1. The lowest BCUT2D eigenvalue weighted by molar-refractivity contribution is -0.141. The number of halogens is 4. The largest absolute Gasteiger partial charge is 0.434 e. The number of fused-ring (bicyclic) bond motifs is 1. The average Bonchev–Trinajstić information content (AvgIpc) is 2.96. The molecule has 0 radical (unpaired) electrons. The minimum atomic E-state index is -4.65. The highest BCUT2D eigenvalue weighted by atomic mass is 32.2. The first kappa shape index (κ1) is 29.5. The molecule has 0 bridgehead atoms.